The second-order valence-electron chi connectivity index (χ2n) is 9.34. The first-order valence-electron chi connectivity index (χ1n) is 10.7. The summed E-state index contributed by atoms with van der Waals surface area (Å²) in [7, 11) is 1.65. The van der Waals surface area contributed by atoms with Crippen molar-refractivity contribution in [3.63, 3.8) is 0 Å². The molecular formula is C24H35BrO5. The number of allylic oxidation sites excluding steroid dienone is 1. The van der Waals surface area contributed by atoms with Crippen molar-refractivity contribution < 1.29 is 24.4 Å². The van der Waals surface area contributed by atoms with E-state index >= 15 is 0 Å². The van der Waals surface area contributed by atoms with Gasteiger partial charge in [0.1, 0.15) is 18.0 Å². The van der Waals surface area contributed by atoms with E-state index in [0.717, 1.165) is 36.1 Å². The van der Waals surface area contributed by atoms with Crippen LogP contribution in [0.25, 0.3) is 0 Å². The van der Waals surface area contributed by atoms with Crippen LogP contribution >= 0.6 is 15.9 Å². The van der Waals surface area contributed by atoms with Crippen LogP contribution in [0.3, 0.4) is 0 Å². The lowest BCUT2D eigenvalue weighted by Gasteiger charge is -2.53. The van der Waals surface area contributed by atoms with Gasteiger partial charge in [-0.2, -0.15) is 0 Å². The Kier molecular flexibility index (Phi) is 7.67. The maximum absolute atomic E-state index is 10.5. The fourth-order valence-electron chi connectivity index (χ4n) is 4.98. The van der Waals surface area contributed by atoms with E-state index in [2.05, 4.69) is 42.8 Å². The molecule has 1 fully saturated rings. The molecular weight excluding hydrogens is 448 g/mol. The molecule has 1 unspecified atom stereocenters. The Morgan fingerprint density at radius 3 is 2.53 bits per heavy atom. The summed E-state index contributed by atoms with van der Waals surface area (Å²) >= 11 is 3.87. The van der Waals surface area contributed by atoms with Crippen LogP contribution in [0.1, 0.15) is 45.6 Å². The number of benzene rings is 1. The molecule has 168 valence electrons. The predicted octanol–water partition coefficient (Wildman–Crippen LogP) is 4.24. The lowest BCUT2D eigenvalue weighted by atomic mass is 9.60. The number of fused-ring (bicyclic) bond motifs is 1. The number of rotatable bonds is 7. The number of hydrogen-bond donors (Lipinski definition) is 2. The van der Waals surface area contributed by atoms with Gasteiger partial charge >= 0.3 is 0 Å². The molecule has 5 nitrogen and oxygen atoms in total. The van der Waals surface area contributed by atoms with Crippen molar-refractivity contribution in [3.8, 4) is 5.75 Å². The van der Waals surface area contributed by atoms with Gasteiger partial charge in [0.05, 0.1) is 32.5 Å². The predicted molar refractivity (Wildman–Crippen MR) is 121 cm³/mol. The molecule has 1 aliphatic heterocycles. The monoisotopic (exact) mass is 482 g/mol. The molecule has 2 aliphatic rings. The molecule has 0 aromatic heterocycles. The van der Waals surface area contributed by atoms with Crippen molar-refractivity contribution in [2.45, 2.75) is 69.3 Å². The molecule has 0 saturated heterocycles. The van der Waals surface area contributed by atoms with E-state index in [1.807, 2.05) is 24.3 Å². The summed E-state index contributed by atoms with van der Waals surface area (Å²) in [6, 6.07) is 7.78. The van der Waals surface area contributed by atoms with Crippen LogP contribution in [0.5, 0.6) is 5.75 Å². The minimum Gasteiger partial charge on any atom is -0.497 e. The van der Waals surface area contributed by atoms with E-state index in [4.69, 9.17) is 14.2 Å². The van der Waals surface area contributed by atoms with Gasteiger partial charge in [-0.3, -0.25) is 0 Å². The fraction of sp³-hybridized carbons (Fsp3) is 0.667. The Labute approximate surface area is 188 Å². The van der Waals surface area contributed by atoms with Crippen molar-refractivity contribution in [1.82, 2.24) is 0 Å². The van der Waals surface area contributed by atoms with Crippen molar-refractivity contribution in [1.29, 1.82) is 0 Å². The minimum absolute atomic E-state index is 0.0532. The van der Waals surface area contributed by atoms with Crippen LogP contribution < -0.4 is 4.74 Å². The van der Waals surface area contributed by atoms with E-state index < -0.39 is 12.2 Å². The summed E-state index contributed by atoms with van der Waals surface area (Å²) < 4.78 is 17.8. The Morgan fingerprint density at radius 1 is 1.20 bits per heavy atom. The van der Waals surface area contributed by atoms with Gasteiger partial charge in [0.2, 0.25) is 0 Å². The molecule has 5 atom stereocenters. The summed E-state index contributed by atoms with van der Waals surface area (Å²) in [6.45, 7) is 7.20. The van der Waals surface area contributed by atoms with Gasteiger partial charge in [-0.05, 0) is 60.8 Å². The van der Waals surface area contributed by atoms with Crippen molar-refractivity contribution >= 4 is 15.9 Å². The van der Waals surface area contributed by atoms with E-state index in [9.17, 15) is 10.2 Å². The number of ether oxygens (including phenoxy) is 3. The molecule has 30 heavy (non-hydrogen) atoms. The largest absolute Gasteiger partial charge is 0.497 e. The molecule has 1 aromatic rings. The quantitative estimate of drug-likeness (QED) is 0.449. The van der Waals surface area contributed by atoms with Gasteiger partial charge in [0, 0.05) is 4.83 Å². The first-order valence-corrected chi connectivity index (χ1v) is 11.6. The second kappa shape index (κ2) is 9.70. The molecule has 0 amide bonds. The van der Waals surface area contributed by atoms with E-state index in [0.29, 0.717) is 24.0 Å². The first kappa shape index (κ1) is 23.7. The molecule has 1 aromatic carbocycles. The molecule has 0 radical (unpaired) electrons. The normalized spacial score (nSPS) is 32.0. The zero-order chi connectivity index (χ0) is 21.9. The number of methoxy groups -OCH3 is 1. The molecule has 0 bridgehead atoms. The van der Waals surface area contributed by atoms with E-state index in [-0.39, 0.29) is 17.6 Å². The van der Waals surface area contributed by atoms with Gasteiger partial charge < -0.3 is 24.4 Å². The average Bonchev–Trinajstić information content (AvgIpc) is 2.89. The maximum Gasteiger partial charge on any atom is 0.118 e. The Balaban J connectivity index is 1.75. The Hall–Kier alpha value is -0.920. The van der Waals surface area contributed by atoms with Crippen LogP contribution in [-0.2, 0) is 16.1 Å². The highest BCUT2D eigenvalue weighted by Gasteiger charge is 2.53. The Morgan fingerprint density at radius 2 is 1.90 bits per heavy atom. The minimum atomic E-state index is -0.971. The molecule has 1 aliphatic carbocycles. The van der Waals surface area contributed by atoms with Gasteiger partial charge in [-0.25, -0.2) is 0 Å². The van der Waals surface area contributed by atoms with E-state index in [1.165, 1.54) is 0 Å². The van der Waals surface area contributed by atoms with E-state index in [1.54, 1.807) is 7.11 Å². The standard InChI is InChI=1S/C24H35BrO5/c1-23(2)20-10-7-17(15-29-14-16-5-8-18(28-4)9-6-16)22(19(27)13-26)30-24(20,3)12-11-21(23)25/h5-9,19-22,26-27H,10-15H2,1-4H3/t19?,20-,21-,22-,24-/m0/s1. The SMILES string of the molecule is COc1ccc(COCC2=CC[C@H]3C(C)(C)[C@@H](Br)CC[C@]3(C)O[C@@H]2C(O)CO)cc1. The average molecular weight is 483 g/mol. The molecule has 3 rings (SSSR count). The van der Waals surface area contributed by atoms with Crippen molar-refractivity contribution in [2.24, 2.45) is 11.3 Å². The lowest BCUT2D eigenvalue weighted by Crippen LogP contribution is -2.54. The van der Waals surface area contributed by atoms with Crippen LogP contribution in [-0.4, -0.2) is 53.2 Å². The summed E-state index contributed by atoms with van der Waals surface area (Å²) in [5.41, 5.74) is 1.65. The Bertz CT molecular complexity index is 732. The van der Waals surface area contributed by atoms with Gasteiger partial charge in [-0.15, -0.1) is 0 Å². The highest BCUT2D eigenvalue weighted by molar-refractivity contribution is 9.09. The van der Waals surface area contributed by atoms with Gasteiger partial charge in [0.15, 0.2) is 0 Å². The molecule has 6 heteroatoms. The van der Waals surface area contributed by atoms with Crippen LogP contribution in [0.15, 0.2) is 35.9 Å². The summed E-state index contributed by atoms with van der Waals surface area (Å²) in [4.78, 5) is 0.425. The number of hydrogen-bond acceptors (Lipinski definition) is 5. The number of halogens is 1. The topological polar surface area (TPSA) is 68.2 Å². The third kappa shape index (κ3) is 4.94. The van der Waals surface area contributed by atoms with Crippen LogP contribution in [0.2, 0.25) is 0 Å². The van der Waals surface area contributed by atoms with Crippen LogP contribution in [0, 0.1) is 11.3 Å². The first-order chi connectivity index (χ1) is 14.2. The highest BCUT2D eigenvalue weighted by atomic mass is 79.9. The zero-order valence-electron chi connectivity index (χ0n) is 18.4. The third-order valence-corrected chi connectivity index (χ3v) is 8.58. The van der Waals surface area contributed by atoms with Crippen LogP contribution in [0.4, 0.5) is 0 Å². The zero-order valence-corrected chi connectivity index (χ0v) is 20.0. The number of aliphatic hydroxyl groups is 2. The molecule has 1 saturated carbocycles. The maximum atomic E-state index is 10.5. The highest BCUT2D eigenvalue weighted by Crippen LogP contribution is 2.54. The second-order valence-corrected chi connectivity index (χ2v) is 10.4. The third-order valence-electron chi connectivity index (χ3n) is 6.95. The smallest absolute Gasteiger partial charge is 0.118 e. The van der Waals surface area contributed by atoms with Gasteiger partial charge in [0.25, 0.3) is 0 Å². The molecule has 0 spiro atoms. The summed E-state index contributed by atoms with van der Waals surface area (Å²) in [6.07, 6.45) is 3.43. The molecule has 2 N–H and O–H groups in total. The van der Waals surface area contributed by atoms with Crippen molar-refractivity contribution in [3.05, 3.63) is 41.5 Å². The number of alkyl halides is 1. The van der Waals surface area contributed by atoms with Gasteiger partial charge in [-0.1, -0.05) is 48.0 Å². The van der Waals surface area contributed by atoms with Crippen molar-refractivity contribution in [2.75, 3.05) is 20.3 Å². The number of aliphatic hydroxyl groups excluding tert-OH is 2. The summed E-state index contributed by atoms with van der Waals surface area (Å²) in [5.74, 6) is 1.11. The molecule has 1 heterocycles. The summed E-state index contributed by atoms with van der Waals surface area (Å²) in [5, 5.41) is 20.2. The lowest BCUT2D eigenvalue weighted by molar-refractivity contribution is -0.176. The fourth-order valence-corrected chi connectivity index (χ4v) is 5.53.